The monoisotopic (exact) mass is 471 g/mol. The van der Waals surface area contributed by atoms with Crippen LogP contribution in [-0.4, -0.2) is 23.4 Å². The maximum Gasteiger partial charge on any atom is 0.410 e. The summed E-state index contributed by atoms with van der Waals surface area (Å²) < 4.78 is 54.9. The van der Waals surface area contributed by atoms with Crippen molar-refractivity contribution in [3.63, 3.8) is 0 Å². The standard InChI is InChI=1S/C25H36F3NO4/c1-8-9-21(30)32-25(29-22(31)33-23(5,6)7)14-16(4)10-11-24(25,15(2)3)17-12-19(27)20(28)13-18(17)26/h12-13,15-16H,8-11,14H2,1-7H3,(H,29,31). The van der Waals surface area contributed by atoms with Gasteiger partial charge in [-0.1, -0.05) is 27.7 Å². The molecule has 1 aromatic carbocycles. The predicted molar refractivity (Wildman–Crippen MR) is 119 cm³/mol. The fourth-order valence-corrected chi connectivity index (χ4v) is 4.97. The molecule has 0 aliphatic heterocycles. The zero-order valence-electron chi connectivity index (χ0n) is 20.6. The lowest BCUT2D eigenvalue weighted by Gasteiger charge is -2.56. The van der Waals surface area contributed by atoms with E-state index in [4.69, 9.17) is 9.47 Å². The van der Waals surface area contributed by atoms with E-state index in [0.29, 0.717) is 18.9 Å². The van der Waals surface area contributed by atoms with Gasteiger partial charge in [0, 0.05) is 24.5 Å². The number of esters is 1. The summed E-state index contributed by atoms with van der Waals surface area (Å²) in [6.07, 6.45) is 0.807. The molecule has 1 aliphatic carbocycles. The summed E-state index contributed by atoms with van der Waals surface area (Å²) in [6.45, 7) is 12.4. The Kier molecular flexibility index (Phi) is 8.13. The zero-order chi connectivity index (χ0) is 25.2. The van der Waals surface area contributed by atoms with Crippen LogP contribution in [0.4, 0.5) is 18.0 Å². The smallest absolute Gasteiger partial charge is 0.410 e. The molecule has 1 N–H and O–H groups in total. The molecule has 3 unspecified atom stereocenters. The Bertz CT molecular complexity index is 883. The van der Waals surface area contributed by atoms with Crippen LogP contribution in [0.2, 0.25) is 0 Å². The summed E-state index contributed by atoms with van der Waals surface area (Å²) in [5, 5.41) is 2.75. The van der Waals surface area contributed by atoms with E-state index in [9.17, 15) is 18.4 Å². The normalized spacial score (nSPS) is 25.6. The number of rotatable bonds is 6. The molecule has 1 amide bonds. The van der Waals surface area contributed by atoms with E-state index in [1.54, 1.807) is 34.6 Å². The Morgan fingerprint density at radius 3 is 2.30 bits per heavy atom. The molecule has 1 aliphatic rings. The third-order valence-corrected chi connectivity index (χ3v) is 6.31. The Balaban J connectivity index is 2.79. The van der Waals surface area contributed by atoms with Gasteiger partial charge in [0.1, 0.15) is 11.4 Å². The summed E-state index contributed by atoms with van der Waals surface area (Å²) in [5.74, 6) is -4.48. The number of halogens is 3. The topological polar surface area (TPSA) is 64.6 Å². The molecule has 8 heteroatoms. The van der Waals surface area contributed by atoms with E-state index in [1.165, 1.54) is 0 Å². The van der Waals surface area contributed by atoms with E-state index >= 15 is 4.39 Å². The summed E-state index contributed by atoms with van der Waals surface area (Å²) in [4.78, 5) is 25.8. The molecule has 5 nitrogen and oxygen atoms in total. The molecule has 1 fully saturated rings. The molecular formula is C25H36F3NO4. The maximum atomic E-state index is 15.3. The van der Waals surface area contributed by atoms with Crippen LogP contribution >= 0.6 is 0 Å². The first kappa shape index (κ1) is 27.0. The van der Waals surface area contributed by atoms with Crippen molar-refractivity contribution in [3.05, 3.63) is 35.1 Å². The van der Waals surface area contributed by atoms with Gasteiger partial charge in [-0.05, 0) is 57.9 Å². The molecule has 0 aromatic heterocycles. The van der Waals surface area contributed by atoms with Crippen LogP contribution in [0.25, 0.3) is 0 Å². The number of benzene rings is 1. The highest BCUT2D eigenvalue weighted by Crippen LogP contribution is 2.54. The van der Waals surface area contributed by atoms with Crippen molar-refractivity contribution in [2.45, 2.75) is 97.3 Å². The molecule has 1 aromatic rings. The van der Waals surface area contributed by atoms with Crippen molar-refractivity contribution < 1.29 is 32.2 Å². The first-order valence-electron chi connectivity index (χ1n) is 11.6. The van der Waals surface area contributed by atoms with Gasteiger partial charge in [0.15, 0.2) is 17.4 Å². The molecule has 0 radical (unpaired) electrons. The SMILES string of the molecule is CCCC(=O)OC1(NC(=O)OC(C)(C)C)CC(C)CCC1(c1cc(F)c(F)cc1F)C(C)C. The lowest BCUT2D eigenvalue weighted by atomic mass is 9.56. The fourth-order valence-electron chi connectivity index (χ4n) is 4.97. The number of hydrogen-bond donors (Lipinski definition) is 1. The van der Waals surface area contributed by atoms with Crippen LogP contribution in [0.1, 0.15) is 86.1 Å². The van der Waals surface area contributed by atoms with Crippen molar-refractivity contribution in [1.82, 2.24) is 5.32 Å². The lowest BCUT2D eigenvalue weighted by Crippen LogP contribution is -2.69. The van der Waals surface area contributed by atoms with Gasteiger partial charge in [0.2, 0.25) is 0 Å². The number of nitrogens with one attached hydrogen (secondary N) is 1. The van der Waals surface area contributed by atoms with E-state index < -0.39 is 52.2 Å². The molecule has 1 saturated carbocycles. The molecule has 0 spiro atoms. The van der Waals surface area contributed by atoms with Crippen LogP contribution in [0.3, 0.4) is 0 Å². The molecular weight excluding hydrogens is 435 g/mol. The zero-order valence-corrected chi connectivity index (χ0v) is 20.6. The Morgan fingerprint density at radius 2 is 1.76 bits per heavy atom. The highest BCUT2D eigenvalue weighted by Gasteiger charge is 2.62. The van der Waals surface area contributed by atoms with Crippen molar-refractivity contribution in [2.75, 3.05) is 0 Å². The molecule has 0 saturated heterocycles. The average Bonchev–Trinajstić information content (AvgIpc) is 2.63. The van der Waals surface area contributed by atoms with Crippen molar-refractivity contribution >= 4 is 12.1 Å². The van der Waals surface area contributed by atoms with Gasteiger partial charge >= 0.3 is 12.1 Å². The van der Waals surface area contributed by atoms with Gasteiger partial charge in [-0.25, -0.2) is 18.0 Å². The van der Waals surface area contributed by atoms with Gasteiger partial charge < -0.3 is 9.47 Å². The Hall–Kier alpha value is -2.25. The van der Waals surface area contributed by atoms with Crippen molar-refractivity contribution in [2.24, 2.45) is 11.8 Å². The summed E-state index contributed by atoms with van der Waals surface area (Å²) in [6, 6.07) is 1.32. The van der Waals surface area contributed by atoms with E-state index in [1.807, 2.05) is 13.8 Å². The number of amides is 1. The Morgan fingerprint density at radius 1 is 1.15 bits per heavy atom. The fraction of sp³-hybridized carbons (Fsp3) is 0.680. The van der Waals surface area contributed by atoms with Gasteiger partial charge in [-0.2, -0.15) is 0 Å². The van der Waals surface area contributed by atoms with Gasteiger partial charge in [0.05, 0.1) is 5.41 Å². The van der Waals surface area contributed by atoms with Crippen molar-refractivity contribution in [3.8, 4) is 0 Å². The molecule has 0 heterocycles. The number of carbonyl (C=O) groups excluding carboxylic acids is 2. The lowest BCUT2D eigenvalue weighted by molar-refractivity contribution is -0.190. The molecule has 0 bridgehead atoms. The summed E-state index contributed by atoms with van der Waals surface area (Å²) in [5.41, 5.74) is -4.06. The third-order valence-electron chi connectivity index (χ3n) is 6.31. The quantitative estimate of drug-likeness (QED) is 0.297. The number of alkyl carbamates (subject to hydrolysis) is 1. The van der Waals surface area contributed by atoms with Crippen LogP contribution in [0.5, 0.6) is 0 Å². The van der Waals surface area contributed by atoms with Gasteiger partial charge in [-0.3, -0.25) is 10.1 Å². The van der Waals surface area contributed by atoms with E-state index in [-0.39, 0.29) is 30.7 Å². The van der Waals surface area contributed by atoms with Gasteiger partial charge in [0.25, 0.3) is 0 Å². The highest BCUT2D eigenvalue weighted by atomic mass is 19.2. The first-order valence-corrected chi connectivity index (χ1v) is 11.6. The summed E-state index contributed by atoms with van der Waals surface area (Å²) in [7, 11) is 0. The Labute approximate surface area is 194 Å². The molecule has 2 rings (SSSR count). The number of ether oxygens (including phenoxy) is 2. The summed E-state index contributed by atoms with van der Waals surface area (Å²) >= 11 is 0. The molecule has 3 atom stereocenters. The molecule has 186 valence electrons. The van der Waals surface area contributed by atoms with E-state index in [2.05, 4.69) is 5.32 Å². The minimum Gasteiger partial charge on any atom is -0.444 e. The second-order valence-electron chi connectivity index (χ2n) is 10.4. The first-order chi connectivity index (χ1) is 15.2. The molecule has 33 heavy (non-hydrogen) atoms. The van der Waals surface area contributed by atoms with Crippen molar-refractivity contribution in [1.29, 1.82) is 0 Å². The second kappa shape index (κ2) is 9.94. The third kappa shape index (κ3) is 5.64. The van der Waals surface area contributed by atoms with Crippen LogP contribution in [-0.2, 0) is 19.7 Å². The number of hydrogen-bond acceptors (Lipinski definition) is 4. The van der Waals surface area contributed by atoms with Crippen LogP contribution < -0.4 is 5.32 Å². The minimum atomic E-state index is -1.72. The average molecular weight is 472 g/mol. The maximum absolute atomic E-state index is 15.3. The largest absolute Gasteiger partial charge is 0.444 e. The second-order valence-corrected chi connectivity index (χ2v) is 10.4. The van der Waals surface area contributed by atoms with Crippen LogP contribution in [0.15, 0.2) is 12.1 Å². The number of carbonyl (C=O) groups is 2. The minimum absolute atomic E-state index is 0.00500. The predicted octanol–water partition coefficient (Wildman–Crippen LogP) is 6.38. The van der Waals surface area contributed by atoms with Gasteiger partial charge in [-0.15, -0.1) is 0 Å². The van der Waals surface area contributed by atoms with Crippen LogP contribution in [0, 0.1) is 29.3 Å². The highest BCUT2D eigenvalue weighted by molar-refractivity contribution is 5.73. The van der Waals surface area contributed by atoms with E-state index in [0.717, 1.165) is 6.07 Å².